The summed E-state index contributed by atoms with van der Waals surface area (Å²) in [6.07, 6.45) is -0.0489. The summed E-state index contributed by atoms with van der Waals surface area (Å²) in [6.45, 7) is 11.3. The maximum absolute atomic E-state index is 12.5. The molecule has 2 saturated carbocycles. The second-order valence-corrected chi connectivity index (χ2v) is 31.2. The fraction of sp³-hybridized carbons (Fsp3) is 0.735. The molecule has 8 unspecified atom stereocenters. The van der Waals surface area contributed by atoms with E-state index in [2.05, 4.69) is 96.1 Å². The Balaban J connectivity index is 0. The number of esters is 5. The van der Waals surface area contributed by atoms with E-state index in [0.717, 1.165) is 19.3 Å². The van der Waals surface area contributed by atoms with Crippen molar-refractivity contribution in [1.29, 1.82) is 0 Å². The second kappa shape index (κ2) is 27.1. The number of hydrogen-bond donors (Lipinski definition) is 1. The first-order chi connectivity index (χ1) is 25.1. The molecule has 328 valence electrons. The molecule has 4 bridgehead atoms. The van der Waals surface area contributed by atoms with Gasteiger partial charge in [-0.25, -0.2) is 9.59 Å². The van der Waals surface area contributed by atoms with Gasteiger partial charge in [-0.1, -0.05) is 24.3 Å². The molecule has 0 aromatic carbocycles. The van der Waals surface area contributed by atoms with Crippen LogP contribution in [0.1, 0.15) is 87.0 Å². The number of ether oxygens (including phenoxy) is 4. The van der Waals surface area contributed by atoms with Gasteiger partial charge in [0.25, 0.3) is 0 Å². The van der Waals surface area contributed by atoms with Crippen LogP contribution >= 0.6 is 98.4 Å². The van der Waals surface area contributed by atoms with Crippen molar-refractivity contribution in [3.63, 3.8) is 0 Å². The molecule has 10 nitrogen and oxygen atoms in total. The Bertz CT molecular complexity index is 1330. The minimum absolute atomic E-state index is 0. The zero-order chi connectivity index (χ0) is 43.1. The molecule has 1 N–H and O–H groups in total. The molecule has 0 heterocycles. The van der Waals surface area contributed by atoms with Crippen LogP contribution in [0.15, 0.2) is 24.3 Å². The molecule has 22 heteroatoms. The third-order valence-electron chi connectivity index (χ3n) is 8.17. The number of carbonyl (C=O) groups excluding carboxylic acids is 5. The maximum atomic E-state index is 12.5. The van der Waals surface area contributed by atoms with Crippen molar-refractivity contribution in [3.8, 4) is 0 Å². The zero-order valence-corrected chi connectivity index (χ0v) is 44.5. The monoisotopic (exact) mass is 1490 g/mol. The van der Waals surface area contributed by atoms with Crippen LogP contribution < -0.4 is 13.3 Å². The van der Waals surface area contributed by atoms with Crippen LogP contribution in [0.3, 0.4) is 0 Å². The number of hydrogen-bond acceptors (Lipinski definition) is 10. The number of carbonyl (C=O) groups is 5. The molecule has 4 aliphatic rings. The SMILES string of the molecule is CC(=O)OC(=O)C(F)(F)F.CC(C)(C)OC(=O)CC(O)C1CC2C=CC1C2.CC(C)(C)OC(=O)CC(OC(=O)C(F)(F)F)C1CC2C=CC1C2.I.II.I[I-]I. The fourth-order valence-corrected chi connectivity index (χ4v) is 6.44. The van der Waals surface area contributed by atoms with Crippen molar-refractivity contribution in [1.82, 2.24) is 0 Å². The predicted molar refractivity (Wildman–Crippen MR) is 235 cm³/mol. The number of rotatable bonds is 7. The van der Waals surface area contributed by atoms with Crippen LogP contribution in [0.5, 0.6) is 0 Å². The van der Waals surface area contributed by atoms with E-state index in [9.17, 15) is 55.4 Å². The molecule has 4 aliphatic carbocycles. The fourth-order valence-electron chi connectivity index (χ4n) is 6.44. The number of aliphatic hydroxyl groups is 1. The number of halogens is 12. The average Bonchev–Trinajstić information content (AvgIpc) is 3.83. The summed E-state index contributed by atoms with van der Waals surface area (Å²) >= 11 is 9.54. The molecule has 0 aromatic rings. The Hall–Kier alpha value is 0.950. The zero-order valence-electron chi connectivity index (χ0n) is 31.4. The van der Waals surface area contributed by atoms with E-state index < -0.39 is 59.6 Å². The van der Waals surface area contributed by atoms with E-state index in [-0.39, 0.29) is 66.5 Å². The van der Waals surface area contributed by atoms with Gasteiger partial charge in [-0.15, -0.1) is 24.0 Å². The van der Waals surface area contributed by atoms with Gasteiger partial charge in [0.2, 0.25) is 0 Å². The minimum atomic E-state index is -5.09. The Morgan fingerprint density at radius 1 is 0.696 bits per heavy atom. The van der Waals surface area contributed by atoms with Crippen molar-refractivity contribution < 1.29 is 87.6 Å². The summed E-state index contributed by atoms with van der Waals surface area (Å²) in [6, 6.07) is 0. The molecule has 8 atom stereocenters. The average molecular weight is 1490 g/mol. The van der Waals surface area contributed by atoms with E-state index in [4.69, 9.17) is 9.47 Å². The molecular formula is C34H47F6I6O10-. The van der Waals surface area contributed by atoms with Gasteiger partial charge in [0.05, 0.1) is 18.9 Å². The van der Waals surface area contributed by atoms with Gasteiger partial charge in [0.1, 0.15) is 17.3 Å². The van der Waals surface area contributed by atoms with Gasteiger partial charge < -0.3 is 24.1 Å². The first-order valence-corrected chi connectivity index (χ1v) is 35.5. The molecule has 56 heavy (non-hydrogen) atoms. The summed E-state index contributed by atoms with van der Waals surface area (Å²) in [7, 11) is 0. The van der Waals surface area contributed by atoms with Gasteiger partial charge in [-0.05, 0) is 96.8 Å². The van der Waals surface area contributed by atoms with Crippen molar-refractivity contribution >= 4 is 128 Å². The van der Waals surface area contributed by atoms with E-state index >= 15 is 0 Å². The van der Waals surface area contributed by atoms with Gasteiger partial charge in [-0.3, -0.25) is 14.4 Å². The molecule has 0 spiro atoms. The topological polar surface area (TPSA) is 143 Å². The van der Waals surface area contributed by atoms with Crippen molar-refractivity contribution in [3.05, 3.63) is 24.3 Å². The van der Waals surface area contributed by atoms with Crippen LogP contribution in [0.25, 0.3) is 0 Å². The first-order valence-electron chi connectivity index (χ1n) is 16.6. The summed E-state index contributed by atoms with van der Waals surface area (Å²) < 4.78 is 89.2. The number of fused-ring (bicyclic) bond motifs is 4. The Morgan fingerprint density at radius 3 is 1.36 bits per heavy atom. The summed E-state index contributed by atoms with van der Waals surface area (Å²) in [5, 5.41) is 10.1. The Labute approximate surface area is 393 Å². The summed E-state index contributed by atoms with van der Waals surface area (Å²) in [4.78, 5) is 54.2. The van der Waals surface area contributed by atoms with Crippen molar-refractivity contribution in [2.75, 3.05) is 0 Å². The van der Waals surface area contributed by atoms with Crippen molar-refractivity contribution in [2.45, 2.75) is 123 Å². The van der Waals surface area contributed by atoms with Gasteiger partial charge in [-0.2, -0.15) is 26.3 Å². The number of aliphatic hydroxyl groups excluding tert-OH is 1. The third kappa shape index (κ3) is 24.4. The van der Waals surface area contributed by atoms with Crippen LogP contribution in [-0.2, 0) is 42.9 Å². The molecule has 0 aliphatic heterocycles. The van der Waals surface area contributed by atoms with E-state index in [1.807, 2.05) is 32.9 Å². The van der Waals surface area contributed by atoms with Gasteiger partial charge >= 0.3 is 92.7 Å². The third-order valence-corrected chi connectivity index (χ3v) is 8.17. The second-order valence-electron chi connectivity index (χ2n) is 14.9. The first kappa shape index (κ1) is 59.0. The van der Waals surface area contributed by atoms with E-state index in [0.29, 0.717) is 38.4 Å². The molecule has 4 rings (SSSR count). The molecule has 0 saturated heterocycles. The van der Waals surface area contributed by atoms with E-state index in [1.165, 1.54) is 0 Å². The standard InChI is InChI=1S/C16H21F3O4.C14H22O3.C4H3F3O3.I3.I2.HI/c1-15(2,3)23-13(20)8-12(22-14(21)16(17,18)19)11-7-9-4-5-10(11)6-9;1-14(2,3)17-13(16)8-12(15)11-7-9-4-5-10(11)6-9;1-2(8)10-3(9)4(5,6)7;1-3-2;1-2;/h4-5,9-12H,6-8H2,1-3H3;4-5,9-12,15H,6-8H2,1-3H3;1H3;;;1H/q;;;-1;;. The summed E-state index contributed by atoms with van der Waals surface area (Å²) in [5.41, 5.74) is -1.21. The van der Waals surface area contributed by atoms with Crippen LogP contribution in [0, 0.1) is 35.5 Å². The van der Waals surface area contributed by atoms with E-state index in [1.54, 1.807) is 20.8 Å². The molecule has 2 fully saturated rings. The number of allylic oxidation sites excluding steroid dienone is 4. The number of alkyl halides is 6. The van der Waals surface area contributed by atoms with Crippen LogP contribution in [-0.4, -0.2) is 70.7 Å². The van der Waals surface area contributed by atoms with Crippen molar-refractivity contribution in [2.24, 2.45) is 35.5 Å². The quantitative estimate of drug-likeness (QED) is 0.0681. The summed E-state index contributed by atoms with van der Waals surface area (Å²) in [5.74, 6) is -5.57. The van der Waals surface area contributed by atoms with Gasteiger partial charge in [0.15, 0.2) is 0 Å². The van der Waals surface area contributed by atoms with Gasteiger partial charge in [0, 0.05) is 50.1 Å². The Kier molecular flexibility index (Phi) is 28.6. The van der Waals surface area contributed by atoms with Crippen LogP contribution in [0.4, 0.5) is 26.3 Å². The Morgan fingerprint density at radius 2 is 1.07 bits per heavy atom. The molecule has 0 aromatic heterocycles. The molecular weight excluding hydrogens is 1440 g/mol. The predicted octanol–water partition coefficient (Wildman–Crippen LogP) is 7.50. The van der Waals surface area contributed by atoms with Crippen LogP contribution in [0.2, 0.25) is 0 Å². The normalized spacial score (nSPS) is 23.8. The molecule has 0 amide bonds. The molecule has 0 radical (unpaired) electrons.